The molecule has 0 bridgehead atoms. The summed E-state index contributed by atoms with van der Waals surface area (Å²) in [7, 11) is 1.93. The summed E-state index contributed by atoms with van der Waals surface area (Å²) in [5.74, 6) is 1.41. The molecule has 0 atom stereocenters. The monoisotopic (exact) mass is 404 g/mol. The number of rotatable bonds is 7. The highest BCUT2D eigenvalue weighted by molar-refractivity contribution is 6.04. The van der Waals surface area contributed by atoms with Gasteiger partial charge in [0.15, 0.2) is 0 Å². The summed E-state index contributed by atoms with van der Waals surface area (Å²) in [6.45, 7) is 0.385. The van der Waals surface area contributed by atoms with Gasteiger partial charge >= 0.3 is 0 Å². The number of nitrogens with zero attached hydrogens (tertiary/aromatic N) is 2. The Morgan fingerprint density at radius 3 is 2.40 bits per heavy atom. The number of anilines is 2. The van der Waals surface area contributed by atoms with E-state index in [1.54, 1.807) is 30.5 Å². The molecule has 0 spiro atoms. The second kappa shape index (κ2) is 9.48. The molecule has 0 unspecified atom stereocenters. The number of amides is 1. The molecule has 3 aromatic rings. The molecule has 30 heavy (non-hydrogen) atoms. The molecule has 0 saturated heterocycles. The van der Waals surface area contributed by atoms with Crippen LogP contribution in [-0.4, -0.2) is 21.5 Å². The minimum absolute atomic E-state index is 0.140. The molecule has 0 radical (unpaired) electrons. The number of aromatic nitrogens is 2. The maximum Gasteiger partial charge on any atom is 0.255 e. The molecule has 1 aliphatic rings. The first kappa shape index (κ1) is 20.0. The second-order valence-corrected chi connectivity index (χ2v) is 7.78. The SMILES string of the molecule is Cn1ccnc1COc1ccc(C(=O)Nc2ccc(NC3CCCCC3)cc2)cc1. The molecule has 1 aromatic heterocycles. The second-order valence-electron chi connectivity index (χ2n) is 7.78. The number of ether oxygens (including phenoxy) is 1. The number of aryl methyl sites for hydroxylation is 1. The molecule has 1 saturated carbocycles. The summed E-state index contributed by atoms with van der Waals surface area (Å²) in [5.41, 5.74) is 2.47. The van der Waals surface area contributed by atoms with Crippen molar-refractivity contribution in [3.05, 3.63) is 72.3 Å². The van der Waals surface area contributed by atoms with Crippen molar-refractivity contribution in [2.75, 3.05) is 10.6 Å². The van der Waals surface area contributed by atoms with Crippen LogP contribution in [0.2, 0.25) is 0 Å². The van der Waals surface area contributed by atoms with E-state index in [4.69, 9.17) is 4.74 Å². The number of hydrogen-bond acceptors (Lipinski definition) is 4. The maximum atomic E-state index is 12.5. The van der Waals surface area contributed by atoms with Gasteiger partial charge in [0.05, 0.1) is 0 Å². The Labute approximate surface area is 177 Å². The van der Waals surface area contributed by atoms with Gasteiger partial charge in [-0.25, -0.2) is 4.98 Å². The lowest BCUT2D eigenvalue weighted by atomic mass is 9.95. The van der Waals surface area contributed by atoms with Gasteiger partial charge in [-0.1, -0.05) is 19.3 Å². The third kappa shape index (κ3) is 5.20. The highest BCUT2D eigenvalue weighted by Gasteiger charge is 2.13. The summed E-state index contributed by atoms with van der Waals surface area (Å²) in [6, 6.07) is 15.6. The van der Waals surface area contributed by atoms with Gasteiger partial charge in [-0.05, 0) is 61.4 Å². The zero-order chi connectivity index (χ0) is 20.8. The van der Waals surface area contributed by atoms with Gasteiger partial charge < -0.3 is 19.9 Å². The lowest BCUT2D eigenvalue weighted by Gasteiger charge is -2.23. The fourth-order valence-electron chi connectivity index (χ4n) is 3.72. The number of carbonyl (C=O) groups excluding carboxylic acids is 1. The molecule has 1 aliphatic carbocycles. The Morgan fingerprint density at radius 1 is 1.03 bits per heavy atom. The average molecular weight is 405 g/mol. The highest BCUT2D eigenvalue weighted by atomic mass is 16.5. The van der Waals surface area contributed by atoms with Crippen LogP contribution in [0.25, 0.3) is 0 Å². The van der Waals surface area contributed by atoms with E-state index in [0.29, 0.717) is 24.0 Å². The quantitative estimate of drug-likeness (QED) is 0.582. The van der Waals surface area contributed by atoms with Gasteiger partial charge in [-0.3, -0.25) is 4.79 Å². The van der Waals surface area contributed by atoms with Crippen molar-refractivity contribution >= 4 is 17.3 Å². The van der Waals surface area contributed by atoms with E-state index >= 15 is 0 Å². The minimum Gasteiger partial charge on any atom is -0.486 e. The number of imidazole rings is 1. The van der Waals surface area contributed by atoms with Crippen LogP contribution in [0, 0.1) is 0 Å². The van der Waals surface area contributed by atoms with Crippen LogP contribution in [-0.2, 0) is 13.7 Å². The van der Waals surface area contributed by atoms with Crippen molar-refractivity contribution in [3.8, 4) is 5.75 Å². The first-order valence-electron chi connectivity index (χ1n) is 10.5. The number of carbonyl (C=O) groups is 1. The number of nitrogens with one attached hydrogen (secondary N) is 2. The Bertz CT molecular complexity index is 958. The molecular formula is C24H28N4O2. The molecular weight excluding hydrogens is 376 g/mol. The van der Waals surface area contributed by atoms with Crippen molar-refractivity contribution < 1.29 is 9.53 Å². The van der Waals surface area contributed by atoms with Crippen molar-refractivity contribution in [1.29, 1.82) is 0 Å². The zero-order valence-electron chi connectivity index (χ0n) is 17.3. The van der Waals surface area contributed by atoms with E-state index < -0.39 is 0 Å². The molecule has 2 aromatic carbocycles. The number of hydrogen-bond donors (Lipinski definition) is 2. The first-order chi connectivity index (χ1) is 14.7. The molecule has 6 heteroatoms. The van der Waals surface area contributed by atoms with E-state index in [2.05, 4.69) is 15.6 Å². The fourth-order valence-corrected chi connectivity index (χ4v) is 3.72. The van der Waals surface area contributed by atoms with Crippen LogP contribution in [0.3, 0.4) is 0 Å². The van der Waals surface area contributed by atoms with Crippen LogP contribution in [0.5, 0.6) is 5.75 Å². The summed E-state index contributed by atoms with van der Waals surface area (Å²) in [6.07, 6.45) is 10.0. The lowest BCUT2D eigenvalue weighted by Crippen LogP contribution is -2.22. The Balaban J connectivity index is 1.29. The maximum absolute atomic E-state index is 12.5. The third-order valence-corrected chi connectivity index (χ3v) is 5.52. The van der Waals surface area contributed by atoms with E-state index in [1.165, 1.54) is 32.1 Å². The predicted molar refractivity (Wildman–Crippen MR) is 119 cm³/mol. The van der Waals surface area contributed by atoms with Crippen LogP contribution < -0.4 is 15.4 Å². The standard InChI is InChI=1S/C24H28N4O2/c1-28-16-15-25-23(28)17-30-22-13-7-18(8-14-22)24(29)27-21-11-9-20(10-12-21)26-19-5-3-2-4-6-19/h7-16,19,26H,2-6,17H2,1H3,(H,27,29). The normalized spacial score (nSPS) is 14.3. The molecule has 156 valence electrons. The van der Waals surface area contributed by atoms with Crippen LogP contribution >= 0.6 is 0 Å². The Hall–Kier alpha value is -3.28. The number of benzene rings is 2. The third-order valence-electron chi connectivity index (χ3n) is 5.52. The topological polar surface area (TPSA) is 68.2 Å². The van der Waals surface area contributed by atoms with Gasteiger partial charge in [0.2, 0.25) is 0 Å². The smallest absolute Gasteiger partial charge is 0.255 e. The molecule has 1 amide bonds. The largest absolute Gasteiger partial charge is 0.486 e. The van der Waals surface area contributed by atoms with Crippen LogP contribution in [0.1, 0.15) is 48.3 Å². The minimum atomic E-state index is -0.140. The van der Waals surface area contributed by atoms with Crippen LogP contribution in [0.15, 0.2) is 60.9 Å². The average Bonchev–Trinajstić information content (AvgIpc) is 3.19. The van der Waals surface area contributed by atoms with Gasteiger partial charge in [0.25, 0.3) is 5.91 Å². The van der Waals surface area contributed by atoms with Crippen LogP contribution in [0.4, 0.5) is 11.4 Å². The van der Waals surface area contributed by atoms with E-state index in [0.717, 1.165) is 17.2 Å². The van der Waals surface area contributed by atoms with Crippen molar-refractivity contribution in [1.82, 2.24) is 9.55 Å². The molecule has 4 rings (SSSR count). The summed E-state index contributed by atoms with van der Waals surface area (Å²) < 4.78 is 7.65. The molecule has 1 fully saturated rings. The van der Waals surface area contributed by atoms with Crippen molar-refractivity contribution in [2.24, 2.45) is 7.05 Å². The molecule has 1 heterocycles. The van der Waals surface area contributed by atoms with Crippen molar-refractivity contribution in [3.63, 3.8) is 0 Å². The van der Waals surface area contributed by atoms with E-state index in [-0.39, 0.29) is 5.91 Å². The molecule has 0 aliphatic heterocycles. The first-order valence-corrected chi connectivity index (χ1v) is 10.5. The summed E-state index contributed by atoms with van der Waals surface area (Å²) in [4.78, 5) is 16.8. The predicted octanol–water partition coefficient (Wildman–Crippen LogP) is 5.00. The summed E-state index contributed by atoms with van der Waals surface area (Å²) in [5, 5.41) is 6.54. The summed E-state index contributed by atoms with van der Waals surface area (Å²) >= 11 is 0. The van der Waals surface area contributed by atoms with E-state index in [1.807, 2.05) is 42.1 Å². The van der Waals surface area contributed by atoms with E-state index in [9.17, 15) is 4.79 Å². The Morgan fingerprint density at radius 2 is 1.73 bits per heavy atom. The van der Waals surface area contributed by atoms with Crippen molar-refractivity contribution in [2.45, 2.75) is 44.8 Å². The van der Waals surface area contributed by atoms with Gasteiger partial charge in [-0.2, -0.15) is 0 Å². The fraction of sp³-hybridized carbons (Fsp3) is 0.333. The van der Waals surface area contributed by atoms with Gasteiger partial charge in [0, 0.05) is 42.4 Å². The Kier molecular flexibility index (Phi) is 6.32. The molecule has 6 nitrogen and oxygen atoms in total. The lowest BCUT2D eigenvalue weighted by molar-refractivity contribution is 0.102. The van der Waals surface area contributed by atoms with Gasteiger partial charge in [-0.15, -0.1) is 0 Å². The zero-order valence-corrected chi connectivity index (χ0v) is 17.3. The molecule has 2 N–H and O–H groups in total. The highest BCUT2D eigenvalue weighted by Crippen LogP contribution is 2.23. The van der Waals surface area contributed by atoms with Gasteiger partial charge in [0.1, 0.15) is 18.2 Å².